The van der Waals surface area contributed by atoms with Crippen molar-refractivity contribution in [1.29, 1.82) is 0 Å². The number of hydrogen-bond acceptors (Lipinski definition) is 5. The summed E-state index contributed by atoms with van der Waals surface area (Å²) in [6.07, 6.45) is 1.93. The van der Waals surface area contributed by atoms with Crippen LogP contribution < -0.4 is 16.2 Å². The van der Waals surface area contributed by atoms with Gasteiger partial charge in [0.2, 0.25) is 0 Å². The Hall–Kier alpha value is -2.47. The maximum absolute atomic E-state index is 12.7. The van der Waals surface area contributed by atoms with Crippen LogP contribution in [0.4, 0.5) is 11.5 Å². The minimum atomic E-state index is -0.134. The van der Waals surface area contributed by atoms with Gasteiger partial charge in [0.15, 0.2) is 11.5 Å². The second-order valence-electron chi connectivity index (χ2n) is 5.14. The van der Waals surface area contributed by atoms with E-state index in [4.69, 9.17) is 5.84 Å². The van der Waals surface area contributed by atoms with E-state index >= 15 is 0 Å². The number of benzene rings is 1. The molecule has 0 saturated carbocycles. The predicted octanol–water partition coefficient (Wildman–Crippen LogP) is 1.74. The highest BCUT2D eigenvalue weighted by atomic mass is 16.2. The number of para-hydroxylation sites is 1. The molecule has 0 fully saturated rings. The van der Waals surface area contributed by atoms with Crippen LogP contribution in [-0.2, 0) is 6.42 Å². The van der Waals surface area contributed by atoms with Crippen LogP contribution in [0.15, 0.2) is 36.4 Å². The van der Waals surface area contributed by atoms with Crippen LogP contribution in [0.5, 0.6) is 0 Å². The Morgan fingerprint density at radius 1 is 1.29 bits per heavy atom. The summed E-state index contributed by atoms with van der Waals surface area (Å²) in [5, 5.41) is 7.81. The third-order valence-corrected chi connectivity index (χ3v) is 3.77. The van der Waals surface area contributed by atoms with Gasteiger partial charge in [-0.05, 0) is 43.5 Å². The molecule has 2 aromatic rings. The van der Waals surface area contributed by atoms with Gasteiger partial charge in [-0.2, -0.15) is 0 Å². The summed E-state index contributed by atoms with van der Waals surface area (Å²) >= 11 is 0. The highest BCUT2D eigenvalue weighted by Gasteiger charge is 2.29. The normalized spacial score (nSPS) is 17.2. The number of nitrogens with one attached hydrogen (secondary N) is 1. The Kier molecular flexibility index (Phi) is 3.53. The molecule has 1 aromatic carbocycles. The number of aryl methyl sites for hydroxylation is 1. The number of hydrazine groups is 1. The summed E-state index contributed by atoms with van der Waals surface area (Å²) in [7, 11) is 0. The van der Waals surface area contributed by atoms with Crippen molar-refractivity contribution in [2.75, 3.05) is 10.3 Å². The molecule has 6 nitrogen and oxygen atoms in total. The van der Waals surface area contributed by atoms with E-state index in [1.54, 1.807) is 17.0 Å². The molecule has 3 rings (SSSR count). The molecular formula is C15H17N5O. The number of carbonyl (C=O) groups is 1. The molecule has 0 spiro atoms. The van der Waals surface area contributed by atoms with Gasteiger partial charge in [0.25, 0.3) is 5.91 Å². The van der Waals surface area contributed by atoms with E-state index in [1.807, 2.05) is 18.2 Å². The van der Waals surface area contributed by atoms with Crippen molar-refractivity contribution in [3.05, 3.63) is 47.7 Å². The van der Waals surface area contributed by atoms with Gasteiger partial charge >= 0.3 is 0 Å². The van der Waals surface area contributed by atoms with Crippen LogP contribution in [0.2, 0.25) is 0 Å². The molecule has 1 aliphatic heterocycles. The molecule has 1 aromatic heterocycles. The van der Waals surface area contributed by atoms with Gasteiger partial charge in [0.05, 0.1) is 0 Å². The molecule has 1 unspecified atom stereocenters. The molecule has 1 atom stereocenters. The smallest absolute Gasteiger partial charge is 0.279 e. The SMILES string of the molecule is CC1CCc2ccccc2N1C(=O)c1ccc(NN)nn1. The fourth-order valence-electron chi connectivity index (χ4n) is 2.64. The molecule has 2 heterocycles. The van der Waals surface area contributed by atoms with Gasteiger partial charge in [0, 0.05) is 11.7 Å². The van der Waals surface area contributed by atoms with E-state index in [0.717, 1.165) is 18.5 Å². The quantitative estimate of drug-likeness (QED) is 0.648. The lowest BCUT2D eigenvalue weighted by Gasteiger charge is -2.35. The second-order valence-corrected chi connectivity index (χ2v) is 5.14. The van der Waals surface area contributed by atoms with Gasteiger partial charge in [-0.3, -0.25) is 4.79 Å². The number of anilines is 2. The van der Waals surface area contributed by atoms with Crippen molar-refractivity contribution < 1.29 is 4.79 Å². The third-order valence-electron chi connectivity index (χ3n) is 3.77. The monoisotopic (exact) mass is 283 g/mol. The molecule has 21 heavy (non-hydrogen) atoms. The van der Waals surface area contributed by atoms with Gasteiger partial charge in [0.1, 0.15) is 0 Å². The highest BCUT2D eigenvalue weighted by Crippen LogP contribution is 2.31. The number of carbonyl (C=O) groups excluding carboxylic acids is 1. The molecule has 108 valence electrons. The van der Waals surface area contributed by atoms with E-state index in [0.29, 0.717) is 11.5 Å². The Bertz CT molecular complexity index is 655. The van der Waals surface area contributed by atoms with E-state index < -0.39 is 0 Å². The first-order valence-corrected chi connectivity index (χ1v) is 6.92. The fourth-order valence-corrected chi connectivity index (χ4v) is 2.64. The van der Waals surface area contributed by atoms with Gasteiger partial charge in [-0.15, -0.1) is 10.2 Å². The largest absolute Gasteiger partial charge is 0.307 e. The number of fused-ring (bicyclic) bond motifs is 1. The minimum Gasteiger partial charge on any atom is -0.307 e. The first kappa shape index (κ1) is 13.5. The third kappa shape index (κ3) is 2.45. The first-order valence-electron chi connectivity index (χ1n) is 6.92. The number of nitrogen functional groups attached to an aromatic ring is 1. The van der Waals surface area contributed by atoms with Crippen molar-refractivity contribution in [2.45, 2.75) is 25.8 Å². The van der Waals surface area contributed by atoms with E-state index in [1.165, 1.54) is 5.56 Å². The molecule has 3 N–H and O–H groups in total. The molecular weight excluding hydrogens is 266 g/mol. The zero-order chi connectivity index (χ0) is 14.8. The molecule has 6 heteroatoms. The van der Waals surface area contributed by atoms with Crippen molar-refractivity contribution >= 4 is 17.4 Å². The van der Waals surface area contributed by atoms with Crippen LogP contribution in [0.3, 0.4) is 0 Å². The molecule has 1 amide bonds. The van der Waals surface area contributed by atoms with Crippen molar-refractivity contribution in [2.24, 2.45) is 5.84 Å². The molecule has 0 bridgehead atoms. The minimum absolute atomic E-state index is 0.134. The average molecular weight is 283 g/mol. The summed E-state index contributed by atoms with van der Waals surface area (Å²) in [5.41, 5.74) is 4.87. The number of nitrogens with zero attached hydrogens (tertiary/aromatic N) is 3. The number of hydrogen-bond donors (Lipinski definition) is 2. The van der Waals surface area contributed by atoms with Crippen molar-refractivity contribution in [1.82, 2.24) is 10.2 Å². The lowest BCUT2D eigenvalue weighted by molar-refractivity contribution is 0.0969. The van der Waals surface area contributed by atoms with E-state index in [-0.39, 0.29) is 11.9 Å². The van der Waals surface area contributed by atoms with Crippen LogP contribution in [-0.4, -0.2) is 22.1 Å². The topological polar surface area (TPSA) is 84.1 Å². The summed E-state index contributed by atoms with van der Waals surface area (Å²) in [4.78, 5) is 14.5. The Morgan fingerprint density at radius 2 is 2.10 bits per heavy atom. The predicted molar refractivity (Wildman–Crippen MR) is 80.9 cm³/mol. The lowest BCUT2D eigenvalue weighted by Crippen LogP contribution is -2.42. The van der Waals surface area contributed by atoms with Crippen LogP contribution in [0.25, 0.3) is 0 Å². The summed E-state index contributed by atoms with van der Waals surface area (Å²) < 4.78 is 0. The number of rotatable bonds is 2. The van der Waals surface area contributed by atoms with Crippen LogP contribution in [0.1, 0.15) is 29.4 Å². The molecule has 0 radical (unpaired) electrons. The van der Waals surface area contributed by atoms with Gasteiger partial charge in [-0.1, -0.05) is 18.2 Å². The number of amides is 1. The van der Waals surface area contributed by atoms with Crippen molar-refractivity contribution in [3.8, 4) is 0 Å². The van der Waals surface area contributed by atoms with Crippen LogP contribution >= 0.6 is 0 Å². The Balaban J connectivity index is 1.96. The summed E-state index contributed by atoms with van der Waals surface area (Å²) in [6, 6.07) is 11.4. The molecule has 0 aliphatic carbocycles. The summed E-state index contributed by atoms with van der Waals surface area (Å²) in [5.74, 6) is 5.55. The first-order chi connectivity index (χ1) is 10.2. The fraction of sp³-hybridized carbons (Fsp3) is 0.267. The molecule has 0 saturated heterocycles. The van der Waals surface area contributed by atoms with E-state index in [2.05, 4.69) is 28.6 Å². The summed E-state index contributed by atoms with van der Waals surface area (Å²) in [6.45, 7) is 2.05. The number of aromatic nitrogens is 2. The van der Waals surface area contributed by atoms with Crippen molar-refractivity contribution in [3.63, 3.8) is 0 Å². The zero-order valence-corrected chi connectivity index (χ0v) is 11.8. The van der Waals surface area contributed by atoms with Gasteiger partial charge < -0.3 is 10.3 Å². The Labute approximate surface area is 122 Å². The van der Waals surface area contributed by atoms with Crippen LogP contribution in [0, 0.1) is 0 Å². The standard InChI is InChI=1S/C15H17N5O/c1-10-6-7-11-4-2-3-5-13(11)20(10)15(21)12-8-9-14(17-16)19-18-12/h2-5,8-10H,6-7,16H2,1H3,(H,17,19). The zero-order valence-electron chi connectivity index (χ0n) is 11.8. The maximum atomic E-state index is 12.7. The van der Waals surface area contributed by atoms with Gasteiger partial charge in [-0.25, -0.2) is 5.84 Å². The molecule has 1 aliphatic rings. The second kappa shape index (κ2) is 5.49. The van der Waals surface area contributed by atoms with E-state index in [9.17, 15) is 4.79 Å². The lowest BCUT2D eigenvalue weighted by atomic mass is 9.96. The Morgan fingerprint density at radius 3 is 2.81 bits per heavy atom. The average Bonchev–Trinajstić information content (AvgIpc) is 2.54. The highest BCUT2D eigenvalue weighted by molar-refractivity contribution is 6.05. The number of nitrogens with two attached hydrogens (primary N) is 1. The maximum Gasteiger partial charge on any atom is 0.279 e.